The van der Waals surface area contributed by atoms with E-state index in [1.807, 2.05) is 20.8 Å². The Bertz CT molecular complexity index is 427. The second kappa shape index (κ2) is 7.07. The van der Waals surface area contributed by atoms with Crippen LogP contribution in [0, 0.1) is 5.41 Å². The summed E-state index contributed by atoms with van der Waals surface area (Å²) in [5.41, 5.74) is -0.223. The van der Waals surface area contributed by atoms with E-state index in [9.17, 15) is 9.59 Å². The Labute approximate surface area is 138 Å². The van der Waals surface area contributed by atoms with E-state index in [1.165, 1.54) is 0 Å². The molecule has 0 aromatic carbocycles. The van der Waals surface area contributed by atoms with E-state index in [0.29, 0.717) is 6.61 Å². The van der Waals surface area contributed by atoms with Crippen molar-refractivity contribution in [3.05, 3.63) is 0 Å². The number of likely N-dealkylation sites (tertiary alicyclic amines) is 1. The van der Waals surface area contributed by atoms with Crippen LogP contribution in [-0.4, -0.2) is 55.0 Å². The van der Waals surface area contributed by atoms with E-state index >= 15 is 0 Å². The molecular formula is C17H29NO5. The van der Waals surface area contributed by atoms with Gasteiger partial charge in [0.05, 0.1) is 12.7 Å². The van der Waals surface area contributed by atoms with Crippen LogP contribution in [0.25, 0.3) is 0 Å². The highest BCUT2D eigenvalue weighted by Gasteiger charge is 2.48. The first kappa shape index (κ1) is 18.0. The quantitative estimate of drug-likeness (QED) is 0.743. The summed E-state index contributed by atoms with van der Waals surface area (Å²) in [7, 11) is 0. The van der Waals surface area contributed by atoms with E-state index in [4.69, 9.17) is 14.2 Å². The maximum atomic E-state index is 12.0. The molecule has 0 aromatic heterocycles. The molecule has 2 fully saturated rings. The fourth-order valence-corrected chi connectivity index (χ4v) is 3.29. The zero-order valence-corrected chi connectivity index (χ0v) is 14.7. The third-order valence-corrected chi connectivity index (χ3v) is 4.44. The highest BCUT2D eigenvalue weighted by Crippen LogP contribution is 2.44. The molecular weight excluding hydrogens is 298 g/mol. The average molecular weight is 327 g/mol. The summed E-state index contributed by atoms with van der Waals surface area (Å²) >= 11 is 0. The Hall–Kier alpha value is -1.30. The zero-order chi connectivity index (χ0) is 17.1. The Morgan fingerprint density at radius 3 is 2.30 bits per heavy atom. The average Bonchev–Trinajstić information content (AvgIpc) is 2.41. The normalized spacial score (nSPS) is 21.0. The summed E-state index contributed by atoms with van der Waals surface area (Å²) < 4.78 is 15.9. The van der Waals surface area contributed by atoms with Crippen LogP contribution in [0.15, 0.2) is 0 Å². The lowest BCUT2D eigenvalue weighted by Crippen LogP contribution is -2.60. The van der Waals surface area contributed by atoms with Crippen LogP contribution in [0.4, 0.5) is 4.79 Å². The molecule has 0 unspecified atom stereocenters. The summed E-state index contributed by atoms with van der Waals surface area (Å²) in [6.45, 7) is 9.39. The van der Waals surface area contributed by atoms with Crippen molar-refractivity contribution in [3.8, 4) is 0 Å². The second-order valence-electron chi connectivity index (χ2n) is 7.65. The van der Waals surface area contributed by atoms with Gasteiger partial charge in [-0.25, -0.2) is 9.59 Å². The molecule has 6 nitrogen and oxygen atoms in total. The van der Waals surface area contributed by atoms with E-state index in [2.05, 4.69) is 0 Å². The molecule has 132 valence electrons. The molecule has 1 spiro atoms. The lowest BCUT2D eigenvalue weighted by molar-refractivity contribution is -0.152. The predicted molar refractivity (Wildman–Crippen MR) is 85.1 cm³/mol. The largest absolute Gasteiger partial charge is 0.464 e. The lowest BCUT2D eigenvalue weighted by atomic mass is 9.68. The van der Waals surface area contributed by atoms with Gasteiger partial charge < -0.3 is 19.1 Å². The van der Waals surface area contributed by atoms with E-state index < -0.39 is 5.60 Å². The van der Waals surface area contributed by atoms with Gasteiger partial charge in [-0.3, -0.25) is 0 Å². The summed E-state index contributed by atoms with van der Waals surface area (Å²) in [6, 6.07) is 0. The van der Waals surface area contributed by atoms with Crippen LogP contribution in [0.2, 0.25) is 0 Å². The Morgan fingerprint density at radius 2 is 1.78 bits per heavy atom. The number of rotatable bonds is 4. The van der Waals surface area contributed by atoms with Crippen LogP contribution < -0.4 is 0 Å². The fraction of sp³-hybridized carbons (Fsp3) is 0.882. The molecule has 1 heterocycles. The topological polar surface area (TPSA) is 65.1 Å². The van der Waals surface area contributed by atoms with Gasteiger partial charge in [0.2, 0.25) is 0 Å². The van der Waals surface area contributed by atoms with Gasteiger partial charge in [0.15, 0.2) is 0 Å². The van der Waals surface area contributed by atoms with Crippen LogP contribution in [0.3, 0.4) is 0 Å². The van der Waals surface area contributed by atoms with Gasteiger partial charge in [-0.15, -0.1) is 0 Å². The third kappa shape index (κ3) is 5.09. The zero-order valence-electron chi connectivity index (χ0n) is 14.7. The van der Waals surface area contributed by atoms with Gasteiger partial charge in [0.25, 0.3) is 0 Å². The Kier molecular flexibility index (Phi) is 5.55. The van der Waals surface area contributed by atoms with Crippen molar-refractivity contribution in [1.29, 1.82) is 0 Å². The first-order valence-corrected chi connectivity index (χ1v) is 8.48. The van der Waals surface area contributed by atoms with Gasteiger partial charge in [-0.05, 0) is 53.4 Å². The highest BCUT2D eigenvalue weighted by molar-refractivity contribution is 5.70. The third-order valence-electron chi connectivity index (χ3n) is 4.44. The molecule has 6 heteroatoms. The molecule has 1 aliphatic carbocycles. The predicted octanol–water partition coefficient (Wildman–Crippen LogP) is 2.75. The first-order valence-electron chi connectivity index (χ1n) is 8.48. The van der Waals surface area contributed by atoms with E-state index in [-0.39, 0.29) is 30.2 Å². The van der Waals surface area contributed by atoms with E-state index in [0.717, 1.165) is 38.8 Å². The van der Waals surface area contributed by atoms with Crippen molar-refractivity contribution in [3.63, 3.8) is 0 Å². The van der Waals surface area contributed by atoms with Crippen LogP contribution in [0.1, 0.15) is 53.4 Å². The summed E-state index contributed by atoms with van der Waals surface area (Å²) in [5.74, 6) is -0.299. The van der Waals surface area contributed by atoms with Crippen molar-refractivity contribution in [2.24, 2.45) is 5.41 Å². The molecule has 2 rings (SSSR count). The maximum Gasteiger partial charge on any atom is 0.410 e. The smallest absolute Gasteiger partial charge is 0.410 e. The number of hydrogen-bond donors (Lipinski definition) is 0. The van der Waals surface area contributed by atoms with Crippen molar-refractivity contribution in [1.82, 2.24) is 4.90 Å². The molecule has 0 bridgehead atoms. The van der Waals surface area contributed by atoms with Gasteiger partial charge in [0, 0.05) is 18.5 Å². The van der Waals surface area contributed by atoms with Gasteiger partial charge in [0.1, 0.15) is 12.2 Å². The Morgan fingerprint density at radius 1 is 1.17 bits per heavy atom. The number of hydrogen-bond acceptors (Lipinski definition) is 5. The van der Waals surface area contributed by atoms with Crippen LogP contribution in [0.5, 0.6) is 0 Å². The molecule has 0 atom stereocenters. The fourth-order valence-electron chi connectivity index (χ4n) is 3.29. The van der Waals surface area contributed by atoms with Gasteiger partial charge in [-0.1, -0.05) is 0 Å². The standard InChI is InChI=1S/C17H29NO5/c1-5-21-14(19)10-22-13-6-8-17(9-7-13)11-18(12-17)15(20)23-16(2,3)4/h13H,5-12H2,1-4H3. The number of esters is 1. The van der Waals surface area contributed by atoms with Gasteiger partial charge >= 0.3 is 12.1 Å². The summed E-state index contributed by atoms with van der Waals surface area (Å²) in [6.07, 6.45) is 3.83. The molecule has 1 saturated carbocycles. The van der Waals surface area contributed by atoms with Crippen molar-refractivity contribution in [2.45, 2.75) is 65.1 Å². The minimum absolute atomic E-state index is 0.0372. The first-order chi connectivity index (χ1) is 10.7. The van der Waals surface area contributed by atoms with Crippen LogP contribution in [-0.2, 0) is 19.0 Å². The van der Waals surface area contributed by atoms with E-state index in [1.54, 1.807) is 11.8 Å². The molecule has 23 heavy (non-hydrogen) atoms. The van der Waals surface area contributed by atoms with Crippen molar-refractivity contribution >= 4 is 12.1 Å². The number of amides is 1. The van der Waals surface area contributed by atoms with Crippen molar-refractivity contribution < 1.29 is 23.8 Å². The minimum Gasteiger partial charge on any atom is -0.464 e. The molecule has 0 radical (unpaired) electrons. The number of carbonyl (C=O) groups excluding carboxylic acids is 2. The lowest BCUT2D eigenvalue weighted by Gasteiger charge is -2.53. The number of carbonyl (C=O) groups is 2. The monoisotopic (exact) mass is 327 g/mol. The summed E-state index contributed by atoms with van der Waals surface area (Å²) in [5, 5.41) is 0. The molecule has 2 aliphatic rings. The molecule has 0 aromatic rings. The highest BCUT2D eigenvalue weighted by atomic mass is 16.6. The second-order valence-corrected chi connectivity index (χ2v) is 7.65. The van der Waals surface area contributed by atoms with Crippen LogP contribution >= 0.6 is 0 Å². The minimum atomic E-state index is -0.446. The maximum absolute atomic E-state index is 12.0. The summed E-state index contributed by atoms with van der Waals surface area (Å²) in [4.78, 5) is 25.1. The molecule has 0 N–H and O–H groups in total. The molecule has 1 saturated heterocycles. The number of nitrogens with zero attached hydrogens (tertiary/aromatic N) is 1. The Balaban J connectivity index is 1.68. The van der Waals surface area contributed by atoms with Gasteiger partial charge in [-0.2, -0.15) is 0 Å². The SMILES string of the molecule is CCOC(=O)COC1CCC2(CC1)CN(C(=O)OC(C)(C)C)C2. The van der Waals surface area contributed by atoms with Crippen molar-refractivity contribution in [2.75, 3.05) is 26.3 Å². The molecule has 1 amide bonds. The molecule has 1 aliphatic heterocycles. The number of ether oxygens (including phenoxy) is 3.